The van der Waals surface area contributed by atoms with Gasteiger partial charge in [0.2, 0.25) is 5.90 Å². The molecular weight excluding hydrogens is 272 g/mol. The summed E-state index contributed by atoms with van der Waals surface area (Å²) in [7, 11) is 0. The molecule has 0 radical (unpaired) electrons. The van der Waals surface area contributed by atoms with Gasteiger partial charge in [-0.3, -0.25) is 0 Å². The van der Waals surface area contributed by atoms with Crippen LogP contribution in [0, 0.1) is 12.3 Å². The van der Waals surface area contributed by atoms with E-state index in [1.54, 1.807) is 13.0 Å². The molecular formula is C15H18N2O4. The highest BCUT2D eigenvalue weighted by atomic mass is 16.5. The van der Waals surface area contributed by atoms with Crippen molar-refractivity contribution in [1.82, 2.24) is 0 Å². The average molecular weight is 290 g/mol. The van der Waals surface area contributed by atoms with Crippen LogP contribution in [-0.4, -0.2) is 35.7 Å². The van der Waals surface area contributed by atoms with Crippen LogP contribution in [0.4, 0.5) is 0 Å². The van der Waals surface area contributed by atoms with Gasteiger partial charge in [0.25, 0.3) is 0 Å². The summed E-state index contributed by atoms with van der Waals surface area (Å²) in [5, 5.41) is 20.6. The smallest absolute Gasteiger partial charge is 0.221 e. The molecule has 6 nitrogen and oxygen atoms in total. The molecule has 0 aromatic heterocycles. The van der Waals surface area contributed by atoms with Crippen molar-refractivity contribution in [2.45, 2.75) is 26.0 Å². The Labute approximate surface area is 123 Å². The molecule has 1 aliphatic rings. The van der Waals surface area contributed by atoms with Gasteiger partial charge >= 0.3 is 0 Å². The summed E-state index contributed by atoms with van der Waals surface area (Å²) in [6.45, 7) is 4.59. The maximum absolute atomic E-state index is 10.8. The second-order valence-corrected chi connectivity index (χ2v) is 4.40. The number of hydrogen-bond acceptors (Lipinski definition) is 5. The Morgan fingerprint density at radius 2 is 2.24 bits per heavy atom. The highest BCUT2D eigenvalue weighted by Gasteiger charge is 2.29. The van der Waals surface area contributed by atoms with E-state index in [9.17, 15) is 15.0 Å². The molecule has 112 valence electrons. The number of terminal acetylenes is 1. The van der Waals surface area contributed by atoms with Crippen molar-refractivity contribution in [1.29, 1.82) is 0 Å². The van der Waals surface area contributed by atoms with Crippen LogP contribution >= 0.6 is 0 Å². The fourth-order valence-corrected chi connectivity index (χ4v) is 1.68. The van der Waals surface area contributed by atoms with Gasteiger partial charge in [-0.2, -0.15) is 0 Å². The number of carboxylic acid groups (broad SMARTS) is 1. The van der Waals surface area contributed by atoms with Gasteiger partial charge in [0, 0.05) is 5.56 Å². The summed E-state index contributed by atoms with van der Waals surface area (Å²) in [6, 6.07) is 3.47. The SMILES string of the molecule is C#Cc1ccc(C2=N[C@@H](C(=O)[O-])[C@H](C)O2)c(O)c1.CC[NH3+]. The summed E-state index contributed by atoms with van der Waals surface area (Å²) in [6.07, 6.45) is 4.57. The first kappa shape index (κ1) is 16.5. The lowest BCUT2D eigenvalue weighted by atomic mass is 10.1. The van der Waals surface area contributed by atoms with Crippen LogP contribution in [0.3, 0.4) is 0 Å². The number of ether oxygens (including phenoxy) is 1. The van der Waals surface area contributed by atoms with E-state index < -0.39 is 18.1 Å². The third-order valence-corrected chi connectivity index (χ3v) is 2.63. The molecule has 1 aromatic carbocycles. The van der Waals surface area contributed by atoms with Crippen LogP contribution in [0.2, 0.25) is 0 Å². The number of aromatic hydroxyl groups is 1. The molecule has 4 N–H and O–H groups in total. The number of phenolic OH excluding ortho intramolecular Hbond substituents is 1. The number of carbonyl (C=O) groups is 1. The van der Waals surface area contributed by atoms with Crippen LogP contribution in [0.25, 0.3) is 0 Å². The minimum Gasteiger partial charge on any atom is -0.548 e. The molecule has 0 spiro atoms. The Morgan fingerprint density at radius 3 is 2.67 bits per heavy atom. The summed E-state index contributed by atoms with van der Waals surface area (Å²) in [5.41, 5.74) is 4.31. The number of hydrogen-bond donors (Lipinski definition) is 2. The molecule has 0 unspecified atom stereocenters. The number of phenols is 1. The summed E-state index contributed by atoms with van der Waals surface area (Å²) in [5.74, 6) is 1.05. The lowest BCUT2D eigenvalue weighted by Crippen LogP contribution is -2.48. The lowest BCUT2D eigenvalue weighted by Gasteiger charge is -2.12. The zero-order valence-corrected chi connectivity index (χ0v) is 12.0. The van der Waals surface area contributed by atoms with E-state index >= 15 is 0 Å². The second kappa shape index (κ2) is 7.31. The third-order valence-electron chi connectivity index (χ3n) is 2.63. The average Bonchev–Trinajstić information content (AvgIpc) is 2.81. The predicted octanol–water partition coefficient (Wildman–Crippen LogP) is -1.09. The minimum atomic E-state index is -1.31. The van der Waals surface area contributed by atoms with E-state index in [0.717, 1.165) is 6.54 Å². The molecule has 0 aliphatic carbocycles. The van der Waals surface area contributed by atoms with Crippen LogP contribution in [0.5, 0.6) is 5.75 Å². The monoisotopic (exact) mass is 290 g/mol. The number of carboxylic acids is 1. The molecule has 0 saturated carbocycles. The second-order valence-electron chi connectivity index (χ2n) is 4.40. The summed E-state index contributed by atoms with van der Waals surface area (Å²) >= 11 is 0. The van der Waals surface area contributed by atoms with Gasteiger partial charge < -0.3 is 25.5 Å². The van der Waals surface area contributed by atoms with E-state index in [4.69, 9.17) is 11.2 Å². The molecule has 0 amide bonds. The maximum Gasteiger partial charge on any atom is 0.221 e. The van der Waals surface area contributed by atoms with E-state index in [0.29, 0.717) is 11.1 Å². The molecule has 0 fully saturated rings. The highest BCUT2D eigenvalue weighted by Crippen LogP contribution is 2.25. The fraction of sp³-hybridized carbons (Fsp3) is 0.333. The van der Waals surface area contributed by atoms with Gasteiger partial charge in [-0.25, -0.2) is 4.99 Å². The first-order valence-electron chi connectivity index (χ1n) is 6.49. The van der Waals surface area contributed by atoms with E-state index in [2.05, 4.69) is 16.6 Å². The van der Waals surface area contributed by atoms with Crippen molar-refractivity contribution in [3.05, 3.63) is 29.3 Å². The van der Waals surface area contributed by atoms with Crippen LogP contribution in [-0.2, 0) is 9.53 Å². The van der Waals surface area contributed by atoms with E-state index in [1.807, 2.05) is 6.92 Å². The molecule has 2 atom stereocenters. The fourth-order valence-electron chi connectivity index (χ4n) is 1.68. The normalized spacial score (nSPS) is 19.6. The highest BCUT2D eigenvalue weighted by molar-refractivity contribution is 5.99. The Balaban J connectivity index is 0.000000677. The lowest BCUT2D eigenvalue weighted by molar-refractivity contribution is -0.361. The Bertz CT molecular complexity index is 590. The zero-order chi connectivity index (χ0) is 16.0. The molecule has 2 rings (SSSR count). The van der Waals surface area contributed by atoms with Crippen molar-refractivity contribution in [3.8, 4) is 18.1 Å². The molecule has 1 heterocycles. The number of rotatable bonds is 2. The molecule has 0 bridgehead atoms. The predicted molar refractivity (Wildman–Crippen MR) is 75.3 cm³/mol. The van der Waals surface area contributed by atoms with Crippen molar-refractivity contribution in [3.63, 3.8) is 0 Å². The van der Waals surface area contributed by atoms with Gasteiger partial charge in [-0.1, -0.05) is 5.92 Å². The molecule has 6 heteroatoms. The molecule has 1 aliphatic heterocycles. The Kier molecular flexibility index (Phi) is 5.76. The van der Waals surface area contributed by atoms with Crippen LogP contribution < -0.4 is 10.8 Å². The first-order chi connectivity index (χ1) is 9.94. The summed E-state index contributed by atoms with van der Waals surface area (Å²) in [4.78, 5) is 14.7. The minimum absolute atomic E-state index is 0.0813. The number of nitrogens with zero attached hydrogens (tertiary/aromatic N) is 1. The van der Waals surface area contributed by atoms with E-state index in [-0.39, 0.29) is 11.6 Å². The summed E-state index contributed by atoms with van der Waals surface area (Å²) < 4.78 is 5.29. The number of carbonyl (C=O) groups excluding carboxylic acids is 1. The van der Waals surface area contributed by atoms with Crippen molar-refractivity contribution >= 4 is 11.9 Å². The molecule has 0 saturated heterocycles. The number of aliphatic imine (C=N–C) groups is 1. The maximum atomic E-state index is 10.8. The number of aliphatic carboxylic acids is 1. The van der Waals surface area contributed by atoms with Crippen LogP contribution in [0.1, 0.15) is 25.0 Å². The quantitative estimate of drug-likeness (QED) is 0.674. The van der Waals surface area contributed by atoms with Crippen LogP contribution in [0.15, 0.2) is 23.2 Å². The number of benzene rings is 1. The van der Waals surface area contributed by atoms with Gasteiger partial charge in [0.15, 0.2) is 0 Å². The molecule has 1 aromatic rings. The number of quaternary nitrogens is 1. The zero-order valence-electron chi connectivity index (χ0n) is 12.0. The van der Waals surface area contributed by atoms with Gasteiger partial charge in [-0.05, 0) is 32.0 Å². The van der Waals surface area contributed by atoms with Gasteiger partial charge in [0.1, 0.15) is 17.9 Å². The van der Waals surface area contributed by atoms with Gasteiger partial charge in [0.05, 0.1) is 18.1 Å². The van der Waals surface area contributed by atoms with E-state index in [1.165, 1.54) is 12.1 Å². The largest absolute Gasteiger partial charge is 0.548 e. The standard InChI is InChI=1S/C13H11NO4.C2H7N/c1-3-8-4-5-9(10(15)6-8)12-14-11(13(16)17)7(2)18-12;1-2-3/h1,4-7,11,15H,2H3,(H,16,17);2-3H2,1H3/t7-,11+;/m0./s1. The first-order valence-corrected chi connectivity index (χ1v) is 6.49. The van der Waals surface area contributed by atoms with Crippen molar-refractivity contribution in [2.24, 2.45) is 4.99 Å². The van der Waals surface area contributed by atoms with Crippen molar-refractivity contribution in [2.75, 3.05) is 6.54 Å². The Hall–Kier alpha value is -2.52. The van der Waals surface area contributed by atoms with Crippen molar-refractivity contribution < 1.29 is 25.5 Å². The Morgan fingerprint density at radius 1 is 1.62 bits per heavy atom. The topological polar surface area (TPSA) is 110 Å². The van der Waals surface area contributed by atoms with Gasteiger partial charge in [-0.15, -0.1) is 6.42 Å². The molecule has 21 heavy (non-hydrogen) atoms. The third kappa shape index (κ3) is 3.97.